The molecular weight excluding hydrogens is 468 g/mol. The van der Waals surface area contributed by atoms with Gasteiger partial charge in [-0.05, 0) is 37.3 Å². The van der Waals surface area contributed by atoms with E-state index in [9.17, 15) is 36.2 Å². The first-order chi connectivity index (χ1) is 15.4. The van der Waals surface area contributed by atoms with Gasteiger partial charge < -0.3 is 10.0 Å². The van der Waals surface area contributed by atoms with Crippen molar-refractivity contribution in [3.8, 4) is 0 Å². The van der Waals surface area contributed by atoms with E-state index in [2.05, 4.69) is 0 Å². The zero-order valence-electron chi connectivity index (χ0n) is 18.4. The lowest BCUT2D eigenvalue weighted by Crippen LogP contribution is -2.59. The highest BCUT2D eigenvalue weighted by atomic mass is 32.2. The number of fused-ring (bicyclic) bond motifs is 1. The fraction of sp³-hybridized carbons (Fsp3) is 0.696. The Balaban J connectivity index is 1.87. The molecule has 1 amide bonds. The highest BCUT2D eigenvalue weighted by molar-refractivity contribution is 8.01. The lowest BCUT2D eigenvalue weighted by molar-refractivity contribution is -0.352. The van der Waals surface area contributed by atoms with Crippen molar-refractivity contribution in [2.45, 2.75) is 86.7 Å². The van der Waals surface area contributed by atoms with Gasteiger partial charge in [0.2, 0.25) is 5.91 Å². The molecule has 1 N–H and O–H groups in total. The van der Waals surface area contributed by atoms with Gasteiger partial charge in [0.05, 0.1) is 0 Å². The number of hydrogen-bond donors (Lipinski definition) is 1. The largest absolute Gasteiger partial charge is 0.430 e. The van der Waals surface area contributed by atoms with E-state index in [0.29, 0.717) is 30.7 Å². The predicted octanol–water partition coefficient (Wildman–Crippen LogP) is 6.31. The van der Waals surface area contributed by atoms with Crippen molar-refractivity contribution >= 4 is 17.7 Å². The summed E-state index contributed by atoms with van der Waals surface area (Å²) in [5.41, 5.74) is -5.67. The lowest BCUT2D eigenvalue weighted by Gasteiger charge is -2.43. The molecule has 1 heterocycles. The minimum absolute atomic E-state index is 0.162. The van der Waals surface area contributed by atoms with Crippen molar-refractivity contribution in [1.82, 2.24) is 4.90 Å². The number of carbonyl (C=O) groups excluding carboxylic acids is 1. The lowest BCUT2D eigenvalue weighted by atomic mass is 9.84. The van der Waals surface area contributed by atoms with Gasteiger partial charge in [-0.2, -0.15) is 26.3 Å². The maximum absolute atomic E-state index is 13.4. The molecule has 3 aliphatic rings. The molecule has 0 aromatic heterocycles. The molecule has 0 radical (unpaired) electrons. The number of rotatable bonds is 5. The average Bonchev–Trinajstić information content (AvgIpc) is 2.75. The molecule has 1 aliphatic heterocycles. The van der Waals surface area contributed by atoms with Crippen molar-refractivity contribution in [1.29, 1.82) is 0 Å². The Morgan fingerprint density at radius 3 is 2.33 bits per heavy atom. The highest BCUT2D eigenvalue weighted by Crippen LogP contribution is 2.52. The number of amides is 1. The van der Waals surface area contributed by atoms with Crippen molar-refractivity contribution in [2.75, 3.05) is 6.54 Å². The van der Waals surface area contributed by atoms with Crippen LogP contribution in [-0.4, -0.2) is 50.9 Å². The maximum Gasteiger partial charge on any atom is 0.430 e. The predicted molar refractivity (Wildman–Crippen MR) is 115 cm³/mol. The number of thioether (sulfide) groups is 1. The number of aliphatic hydroxyl groups is 1. The SMILES string of the molecule is C/C=C/C1CN(C(=O)CCC2CCCCC2)C2=CC=C(C(O)(C(F)(F)F)C(F)(F)F)CC2S1. The third kappa shape index (κ3) is 5.47. The van der Waals surface area contributed by atoms with Gasteiger partial charge in [-0.15, -0.1) is 11.8 Å². The molecule has 1 saturated heterocycles. The van der Waals surface area contributed by atoms with Crippen LogP contribution in [0.15, 0.2) is 35.6 Å². The zero-order valence-corrected chi connectivity index (χ0v) is 19.2. The zero-order chi connectivity index (χ0) is 24.4. The van der Waals surface area contributed by atoms with E-state index in [1.54, 1.807) is 19.1 Å². The Hall–Kier alpha value is -1.42. The van der Waals surface area contributed by atoms with E-state index in [-0.39, 0.29) is 11.2 Å². The van der Waals surface area contributed by atoms with Crippen LogP contribution < -0.4 is 0 Å². The summed E-state index contributed by atoms with van der Waals surface area (Å²) < 4.78 is 80.2. The second-order valence-electron chi connectivity index (χ2n) is 8.93. The van der Waals surface area contributed by atoms with Gasteiger partial charge in [0.1, 0.15) is 0 Å². The normalized spacial score (nSPS) is 25.6. The summed E-state index contributed by atoms with van der Waals surface area (Å²) in [6, 6.07) is 0. The fourth-order valence-electron chi connectivity index (χ4n) is 4.88. The second-order valence-corrected chi connectivity index (χ2v) is 10.4. The molecule has 0 spiro atoms. The quantitative estimate of drug-likeness (QED) is 0.358. The van der Waals surface area contributed by atoms with E-state index >= 15 is 0 Å². The first kappa shape index (κ1) is 26.2. The van der Waals surface area contributed by atoms with Crippen molar-refractivity contribution < 1.29 is 36.2 Å². The van der Waals surface area contributed by atoms with Crippen LogP contribution in [-0.2, 0) is 4.79 Å². The minimum atomic E-state index is -5.92. The molecule has 2 unspecified atom stereocenters. The molecule has 1 saturated carbocycles. The van der Waals surface area contributed by atoms with Gasteiger partial charge in [-0.3, -0.25) is 4.79 Å². The van der Waals surface area contributed by atoms with Crippen LogP contribution in [0.2, 0.25) is 0 Å². The molecule has 0 bridgehead atoms. The number of alkyl halides is 6. The number of allylic oxidation sites excluding steroid dienone is 3. The standard InChI is InChI=1S/C23H29F6NO2S/c1-2-6-17-14-30(20(31)12-9-15-7-4-3-5-8-15)18-11-10-16(13-19(18)33-17)21(32,22(24,25)26)23(27,28)29/h2,6,10-11,15,17,19,32H,3-5,7-9,12-14H2,1H3/b6-2+. The number of halogens is 6. The Morgan fingerprint density at radius 2 is 1.76 bits per heavy atom. The number of hydrogen-bond acceptors (Lipinski definition) is 3. The topological polar surface area (TPSA) is 40.5 Å². The molecule has 0 aromatic rings. The molecule has 0 aromatic carbocycles. The first-order valence-corrected chi connectivity index (χ1v) is 12.2. The Morgan fingerprint density at radius 1 is 1.12 bits per heavy atom. The Kier molecular flexibility index (Phi) is 7.98. The van der Waals surface area contributed by atoms with E-state index < -0.39 is 35.2 Å². The van der Waals surface area contributed by atoms with Crippen LogP contribution in [0.5, 0.6) is 0 Å². The van der Waals surface area contributed by atoms with Gasteiger partial charge in [0.15, 0.2) is 0 Å². The van der Waals surface area contributed by atoms with Crippen molar-refractivity contribution in [2.24, 2.45) is 5.92 Å². The number of nitrogens with zero attached hydrogens (tertiary/aromatic N) is 1. The first-order valence-electron chi connectivity index (χ1n) is 11.2. The Bertz CT molecular complexity index is 797. The van der Waals surface area contributed by atoms with Gasteiger partial charge in [-0.1, -0.05) is 50.3 Å². The second kappa shape index (κ2) is 10.1. The summed E-state index contributed by atoms with van der Waals surface area (Å²) in [6.07, 6.45) is -0.436. The summed E-state index contributed by atoms with van der Waals surface area (Å²) in [6.45, 7) is 2.08. The molecule has 3 nitrogen and oxygen atoms in total. The van der Waals surface area contributed by atoms with Crippen LogP contribution in [0.4, 0.5) is 26.3 Å². The molecule has 33 heavy (non-hydrogen) atoms. The summed E-state index contributed by atoms with van der Waals surface area (Å²) >= 11 is 1.21. The van der Waals surface area contributed by atoms with Gasteiger partial charge >= 0.3 is 12.4 Å². The summed E-state index contributed by atoms with van der Waals surface area (Å²) in [7, 11) is 0. The molecule has 186 valence electrons. The van der Waals surface area contributed by atoms with Crippen LogP contribution in [0.25, 0.3) is 0 Å². The Labute approximate surface area is 194 Å². The highest BCUT2D eigenvalue weighted by Gasteiger charge is 2.72. The van der Waals surface area contributed by atoms with Gasteiger partial charge in [0, 0.05) is 29.2 Å². The molecule has 3 rings (SSSR count). The van der Waals surface area contributed by atoms with Crippen LogP contribution in [0.1, 0.15) is 58.3 Å². The van der Waals surface area contributed by atoms with Gasteiger partial charge in [-0.25, -0.2) is 0 Å². The fourth-order valence-corrected chi connectivity index (χ4v) is 6.41. The average molecular weight is 498 g/mol. The summed E-state index contributed by atoms with van der Waals surface area (Å²) in [5, 5.41) is 8.76. The van der Waals surface area contributed by atoms with Crippen LogP contribution in [0, 0.1) is 5.92 Å². The molecule has 2 fully saturated rings. The van der Waals surface area contributed by atoms with Crippen LogP contribution in [0.3, 0.4) is 0 Å². The minimum Gasteiger partial charge on any atom is -0.370 e. The molecule has 2 aliphatic carbocycles. The third-order valence-corrected chi connectivity index (χ3v) is 8.08. The van der Waals surface area contributed by atoms with E-state index in [0.717, 1.165) is 38.2 Å². The van der Waals surface area contributed by atoms with E-state index in [1.165, 1.54) is 23.1 Å². The third-order valence-electron chi connectivity index (χ3n) is 6.69. The van der Waals surface area contributed by atoms with Gasteiger partial charge in [0.25, 0.3) is 5.60 Å². The summed E-state index contributed by atoms with van der Waals surface area (Å²) in [4.78, 5) is 14.6. The van der Waals surface area contributed by atoms with E-state index in [4.69, 9.17) is 0 Å². The number of carbonyl (C=O) groups is 1. The van der Waals surface area contributed by atoms with Crippen molar-refractivity contribution in [3.05, 3.63) is 35.6 Å². The van der Waals surface area contributed by atoms with Crippen LogP contribution >= 0.6 is 11.8 Å². The molecule has 2 atom stereocenters. The molecular formula is C23H29F6NO2S. The molecule has 10 heteroatoms. The monoisotopic (exact) mass is 497 g/mol. The maximum atomic E-state index is 13.4. The van der Waals surface area contributed by atoms with Crippen molar-refractivity contribution in [3.63, 3.8) is 0 Å². The van der Waals surface area contributed by atoms with E-state index in [1.807, 2.05) is 0 Å². The summed E-state index contributed by atoms with van der Waals surface area (Å²) in [5.74, 6) is 0.315. The smallest absolute Gasteiger partial charge is 0.370 e.